The number of benzene rings is 1. The standard InChI is InChI=1S/C20H26N2OS/c1-13-10-16(13)18(14-8-6-5-7-9-14)22-17(23)11-15-12-24-19(21-15)20(2,3)4/h5-9,12-13,16,18H,10-11H2,1-4H3,(H,22,23). The maximum Gasteiger partial charge on any atom is 0.226 e. The molecule has 0 bridgehead atoms. The van der Waals surface area contributed by atoms with Gasteiger partial charge in [-0.2, -0.15) is 0 Å². The Kier molecular flexibility index (Phi) is 4.77. The topological polar surface area (TPSA) is 42.0 Å². The minimum Gasteiger partial charge on any atom is -0.349 e. The Morgan fingerprint density at radius 1 is 1.33 bits per heavy atom. The number of amides is 1. The number of aromatic nitrogens is 1. The van der Waals surface area contributed by atoms with E-state index in [9.17, 15) is 4.79 Å². The number of carbonyl (C=O) groups excluding carboxylic acids is 1. The van der Waals surface area contributed by atoms with Gasteiger partial charge in [0, 0.05) is 10.8 Å². The highest BCUT2D eigenvalue weighted by atomic mass is 32.1. The van der Waals surface area contributed by atoms with Crippen molar-refractivity contribution in [2.75, 3.05) is 0 Å². The van der Waals surface area contributed by atoms with Gasteiger partial charge in [-0.15, -0.1) is 11.3 Å². The van der Waals surface area contributed by atoms with Gasteiger partial charge in [-0.1, -0.05) is 58.0 Å². The number of nitrogens with one attached hydrogen (secondary N) is 1. The molecule has 24 heavy (non-hydrogen) atoms. The van der Waals surface area contributed by atoms with E-state index in [4.69, 9.17) is 0 Å². The largest absolute Gasteiger partial charge is 0.349 e. The van der Waals surface area contributed by atoms with E-state index in [0.29, 0.717) is 18.3 Å². The van der Waals surface area contributed by atoms with Crippen molar-refractivity contribution in [1.29, 1.82) is 0 Å². The van der Waals surface area contributed by atoms with E-state index in [1.165, 1.54) is 12.0 Å². The summed E-state index contributed by atoms with van der Waals surface area (Å²) in [6.07, 6.45) is 1.54. The van der Waals surface area contributed by atoms with Crippen LogP contribution in [0.25, 0.3) is 0 Å². The first-order chi connectivity index (χ1) is 11.3. The monoisotopic (exact) mass is 342 g/mol. The number of hydrogen-bond acceptors (Lipinski definition) is 3. The number of carbonyl (C=O) groups is 1. The third kappa shape index (κ3) is 4.04. The molecule has 1 N–H and O–H groups in total. The summed E-state index contributed by atoms with van der Waals surface area (Å²) in [5.41, 5.74) is 2.11. The van der Waals surface area contributed by atoms with Gasteiger partial charge in [-0.25, -0.2) is 4.98 Å². The molecule has 4 heteroatoms. The molecule has 1 saturated carbocycles. The lowest BCUT2D eigenvalue weighted by molar-refractivity contribution is -0.121. The molecular formula is C20H26N2OS. The number of nitrogens with zero attached hydrogens (tertiary/aromatic N) is 1. The third-order valence-corrected chi connectivity index (χ3v) is 5.93. The minimum absolute atomic E-state index is 0.0371. The lowest BCUT2D eigenvalue weighted by Gasteiger charge is -2.19. The highest BCUT2D eigenvalue weighted by molar-refractivity contribution is 7.09. The molecule has 0 radical (unpaired) electrons. The molecule has 3 nitrogen and oxygen atoms in total. The Labute approximate surface area is 148 Å². The van der Waals surface area contributed by atoms with E-state index in [1.54, 1.807) is 11.3 Å². The molecule has 1 heterocycles. The molecule has 0 spiro atoms. The van der Waals surface area contributed by atoms with Crippen LogP contribution in [-0.4, -0.2) is 10.9 Å². The number of rotatable bonds is 5. The van der Waals surface area contributed by atoms with Gasteiger partial charge in [-0.05, 0) is 23.8 Å². The molecule has 1 fully saturated rings. The van der Waals surface area contributed by atoms with Crippen molar-refractivity contribution in [3.8, 4) is 0 Å². The van der Waals surface area contributed by atoms with Gasteiger partial charge in [0.25, 0.3) is 0 Å². The van der Waals surface area contributed by atoms with Crippen LogP contribution in [0.4, 0.5) is 0 Å². The molecular weight excluding hydrogens is 316 g/mol. The predicted octanol–water partition coefficient (Wildman–Crippen LogP) is 4.50. The van der Waals surface area contributed by atoms with E-state index in [1.807, 2.05) is 23.6 Å². The van der Waals surface area contributed by atoms with Crippen molar-refractivity contribution >= 4 is 17.2 Å². The van der Waals surface area contributed by atoms with E-state index in [2.05, 4.69) is 50.1 Å². The molecule has 1 amide bonds. The van der Waals surface area contributed by atoms with Gasteiger partial charge in [0.1, 0.15) is 0 Å². The third-order valence-electron chi connectivity index (χ3n) is 4.61. The molecule has 2 aromatic rings. The van der Waals surface area contributed by atoms with Crippen molar-refractivity contribution in [3.63, 3.8) is 0 Å². The number of hydrogen-bond donors (Lipinski definition) is 1. The summed E-state index contributed by atoms with van der Waals surface area (Å²) >= 11 is 1.64. The second-order valence-electron chi connectivity index (χ2n) is 7.90. The summed E-state index contributed by atoms with van der Waals surface area (Å²) in [4.78, 5) is 17.2. The molecule has 1 aromatic heterocycles. The molecule has 0 saturated heterocycles. The van der Waals surface area contributed by atoms with E-state index < -0.39 is 0 Å². The summed E-state index contributed by atoms with van der Waals surface area (Å²) in [7, 11) is 0. The number of thiazole rings is 1. The zero-order valence-electron chi connectivity index (χ0n) is 14.9. The minimum atomic E-state index is 0.0371. The van der Waals surface area contributed by atoms with Crippen LogP contribution in [0.15, 0.2) is 35.7 Å². The molecule has 1 aromatic carbocycles. The fourth-order valence-electron chi connectivity index (χ4n) is 3.03. The van der Waals surface area contributed by atoms with Crippen LogP contribution in [0.1, 0.15) is 56.4 Å². The summed E-state index contributed by atoms with van der Waals surface area (Å²) in [6, 6.07) is 10.4. The van der Waals surface area contributed by atoms with E-state index in [-0.39, 0.29) is 17.4 Å². The maximum absolute atomic E-state index is 12.5. The first kappa shape index (κ1) is 17.2. The predicted molar refractivity (Wildman–Crippen MR) is 99.1 cm³/mol. The van der Waals surface area contributed by atoms with Crippen LogP contribution in [-0.2, 0) is 16.6 Å². The van der Waals surface area contributed by atoms with Crippen molar-refractivity contribution in [2.24, 2.45) is 11.8 Å². The van der Waals surface area contributed by atoms with Gasteiger partial charge in [0.05, 0.1) is 23.2 Å². The average Bonchev–Trinajstić information content (AvgIpc) is 3.05. The summed E-state index contributed by atoms with van der Waals surface area (Å²) in [5, 5.41) is 6.34. The Bertz CT molecular complexity index is 702. The Morgan fingerprint density at radius 3 is 2.54 bits per heavy atom. The van der Waals surface area contributed by atoms with E-state index >= 15 is 0 Å². The van der Waals surface area contributed by atoms with Crippen LogP contribution < -0.4 is 5.32 Å². The second-order valence-corrected chi connectivity index (χ2v) is 8.76. The average molecular weight is 343 g/mol. The molecule has 3 unspecified atom stereocenters. The molecule has 128 valence electrons. The lowest BCUT2D eigenvalue weighted by Crippen LogP contribution is -2.31. The molecule has 3 rings (SSSR count). The van der Waals surface area contributed by atoms with Crippen molar-refractivity contribution < 1.29 is 4.79 Å². The van der Waals surface area contributed by atoms with Gasteiger partial charge in [-0.3, -0.25) is 4.79 Å². The van der Waals surface area contributed by atoms with Crippen molar-refractivity contribution in [3.05, 3.63) is 52.0 Å². The quantitative estimate of drug-likeness (QED) is 0.869. The highest BCUT2D eigenvalue weighted by Crippen LogP contribution is 2.46. The lowest BCUT2D eigenvalue weighted by atomic mass is 9.98. The van der Waals surface area contributed by atoms with Crippen molar-refractivity contribution in [1.82, 2.24) is 10.3 Å². The van der Waals surface area contributed by atoms with E-state index in [0.717, 1.165) is 10.7 Å². The van der Waals surface area contributed by atoms with Crippen LogP contribution in [0.2, 0.25) is 0 Å². The van der Waals surface area contributed by atoms with Crippen molar-refractivity contribution in [2.45, 2.75) is 52.0 Å². The fraction of sp³-hybridized carbons (Fsp3) is 0.500. The zero-order valence-corrected chi connectivity index (χ0v) is 15.7. The normalized spacial score (nSPS) is 21.3. The fourth-order valence-corrected chi connectivity index (χ4v) is 3.94. The molecule has 0 aliphatic heterocycles. The van der Waals surface area contributed by atoms with Gasteiger partial charge < -0.3 is 5.32 Å². The van der Waals surface area contributed by atoms with Crippen LogP contribution in [0, 0.1) is 11.8 Å². The van der Waals surface area contributed by atoms with Crippen LogP contribution in [0.5, 0.6) is 0 Å². The SMILES string of the molecule is CC1CC1C(NC(=O)Cc1csc(C(C)(C)C)n1)c1ccccc1. The first-order valence-corrected chi connectivity index (χ1v) is 9.52. The summed E-state index contributed by atoms with van der Waals surface area (Å²) in [5.74, 6) is 1.30. The Balaban J connectivity index is 1.67. The molecule has 3 atom stereocenters. The highest BCUT2D eigenvalue weighted by Gasteiger charge is 2.40. The molecule has 1 aliphatic rings. The molecule has 1 aliphatic carbocycles. The van der Waals surface area contributed by atoms with Crippen LogP contribution >= 0.6 is 11.3 Å². The first-order valence-electron chi connectivity index (χ1n) is 8.64. The maximum atomic E-state index is 12.5. The zero-order chi connectivity index (χ0) is 17.3. The second kappa shape index (κ2) is 6.67. The Hall–Kier alpha value is -1.68. The van der Waals surface area contributed by atoms with Gasteiger partial charge >= 0.3 is 0 Å². The Morgan fingerprint density at radius 2 is 2.00 bits per heavy atom. The summed E-state index contributed by atoms with van der Waals surface area (Å²) < 4.78 is 0. The van der Waals surface area contributed by atoms with Gasteiger partial charge in [0.15, 0.2) is 0 Å². The van der Waals surface area contributed by atoms with Crippen LogP contribution in [0.3, 0.4) is 0 Å². The van der Waals surface area contributed by atoms with Gasteiger partial charge in [0.2, 0.25) is 5.91 Å². The summed E-state index contributed by atoms with van der Waals surface area (Å²) in [6.45, 7) is 8.70. The smallest absolute Gasteiger partial charge is 0.226 e.